The molecule has 7 nitrogen and oxygen atoms in total. The van der Waals surface area contributed by atoms with Crippen LogP contribution >= 0.6 is 11.3 Å². The van der Waals surface area contributed by atoms with Crippen LogP contribution in [-0.2, 0) is 47.4 Å². The van der Waals surface area contributed by atoms with E-state index in [2.05, 4.69) is 16.9 Å². The Morgan fingerprint density at radius 2 is 2.11 bits per heavy atom. The van der Waals surface area contributed by atoms with E-state index in [1.807, 2.05) is 20.0 Å². The van der Waals surface area contributed by atoms with Crippen molar-refractivity contribution < 1.29 is 27.8 Å². The zero-order valence-corrected chi connectivity index (χ0v) is 21.2. The molecule has 2 aliphatic heterocycles. The van der Waals surface area contributed by atoms with Gasteiger partial charge in [-0.3, -0.25) is 14.4 Å². The largest absolute Gasteiger partial charge is 0.425 e. The van der Waals surface area contributed by atoms with Crippen LogP contribution in [-0.4, -0.2) is 62.9 Å². The van der Waals surface area contributed by atoms with Crippen LogP contribution in [0.4, 0.5) is 13.2 Å². The second-order valence-electron chi connectivity index (χ2n) is 9.35. The molecule has 2 aromatic rings. The minimum absolute atomic E-state index is 0.0157. The quantitative estimate of drug-likeness (QED) is 0.609. The predicted octanol–water partition coefficient (Wildman–Crippen LogP) is 3.78. The number of likely N-dealkylation sites (N-methyl/N-ethyl adjacent to an activating group) is 1. The lowest BCUT2D eigenvalue weighted by atomic mass is 9.81. The summed E-state index contributed by atoms with van der Waals surface area (Å²) >= 11 is 0.743. The van der Waals surface area contributed by atoms with Crippen molar-refractivity contribution >= 4 is 17.2 Å². The number of hydrogen-bond donors (Lipinski definition) is 1. The molecule has 11 heteroatoms. The number of aliphatic hydroxyl groups is 1. The van der Waals surface area contributed by atoms with Crippen LogP contribution in [0.1, 0.15) is 60.1 Å². The molecule has 0 bridgehead atoms. The Morgan fingerprint density at radius 3 is 2.74 bits per heavy atom. The van der Waals surface area contributed by atoms with Gasteiger partial charge in [-0.15, -0.1) is 11.3 Å². The van der Waals surface area contributed by atoms with Crippen LogP contribution in [0.2, 0.25) is 0 Å². The van der Waals surface area contributed by atoms with Crippen LogP contribution in [0, 0.1) is 0 Å². The van der Waals surface area contributed by atoms with Gasteiger partial charge in [-0.25, -0.2) is 0 Å². The Morgan fingerprint density at radius 1 is 1.37 bits per heavy atom. The van der Waals surface area contributed by atoms with Crippen molar-refractivity contribution in [3.63, 3.8) is 0 Å². The van der Waals surface area contributed by atoms with E-state index in [0.29, 0.717) is 62.5 Å². The van der Waals surface area contributed by atoms with Crippen LogP contribution in [0.15, 0.2) is 12.4 Å². The van der Waals surface area contributed by atoms with E-state index >= 15 is 0 Å². The second kappa shape index (κ2) is 10.2. The van der Waals surface area contributed by atoms with Gasteiger partial charge < -0.3 is 14.7 Å². The first-order chi connectivity index (χ1) is 16.6. The van der Waals surface area contributed by atoms with Gasteiger partial charge in [0.1, 0.15) is 17.0 Å². The number of rotatable bonds is 7. The standard InChI is InChI=1S/C24H33F3N4O3S/c1-4-29(5-2)20(33)14-31-13-17(11-28-31)12-30-8-7-23(10-16(30)3)21-18(6-9-34-23)19(15-32)22(35-21)24(25,26)27/h11,13,16,32H,4-10,12,14-15H2,1-3H3/t16-,23+/m0/s1. The van der Waals surface area contributed by atoms with Crippen molar-refractivity contribution in [2.45, 2.75) is 77.5 Å². The third kappa shape index (κ3) is 5.14. The summed E-state index contributed by atoms with van der Waals surface area (Å²) in [5.41, 5.74) is 0.878. The number of likely N-dealkylation sites (tertiary alicyclic amines) is 1. The first-order valence-corrected chi connectivity index (χ1v) is 12.9. The molecule has 0 unspecified atom stereocenters. The lowest BCUT2D eigenvalue weighted by molar-refractivity contribution is -0.135. The average Bonchev–Trinajstić information content (AvgIpc) is 3.41. The Balaban J connectivity index is 1.46. The van der Waals surface area contributed by atoms with Gasteiger partial charge >= 0.3 is 6.18 Å². The van der Waals surface area contributed by atoms with Crippen molar-refractivity contribution in [3.8, 4) is 0 Å². The van der Waals surface area contributed by atoms with Crippen LogP contribution in [0.25, 0.3) is 0 Å². The minimum Gasteiger partial charge on any atom is -0.392 e. The molecule has 2 aliphatic rings. The lowest BCUT2D eigenvalue weighted by Crippen LogP contribution is -2.50. The average molecular weight is 515 g/mol. The number of amides is 1. The van der Waals surface area contributed by atoms with E-state index in [-0.39, 0.29) is 24.1 Å². The highest BCUT2D eigenvalue weighted by molar-refractivity contribution is 7.12. The molecule has 4 heterocycles. The predicted molar refractivity (Wildman–Crippen MR) is 126 cm³/mol. The van der Waals surface area contributed by atoms with Crippen LogP contribution < -0.4 is 0 Å². The topological polar surface area (TPSA) is 70.8 Å². The van der Waals surface area contributed by atoms with E-state index in [1.165, 1.54) is 0 Å². The zero-order chi connectivity index (χ0) is 25.4. The Bertz CT molecular complexity index is 1050. The maximum atomic E-state index is 13.6. The fourth-order valence-electron chi connectivity index (χ4n) is 5.39. The number of ether oxygens (including phenoxy) is 1. The molecule has 0 saturated carbocycles. The number of thiophene rings is 1. The Kier molecular flexibility index (Phi) is 7.61. The van der Waals surface area contributed by atoms with Crippen molar-refractivity contribution in [2.75, 3.05) is 26.2 Å². The zero-order valence-electron chi connectivity index (χ0n) is 20.4. The highest BCUT2D eigenvalue weighted by atomic mass is 32.1. The lowest BCUT2D eigenvalue weighted by Gasteiger charge is -2.47. The number of nitrogens with zero attached hydrogens (tertiary/aromatic N) is 4. The van der Waals surface area contributed by atoms with Crippen molar-refractivity contribution in [2.24, 2.45) is 0 Å². The molecule has 1 amide bonds. The molecule has 35 heavy (non-hydrogen) atoms. The van der Waals surface area contributed by atoms with Gasteiger partial charge in [-0.05, 0) is 45.6 Å². The molecule has 2 aromatic heterocycles. The van der Waals surface area contributed by atoms with Gasteiger partial charge in [0.2, 0.25) is 5.91 Å². The van der Waals surface area contributed by atoms with Crippen molar-refractivity contribution in [1.29, 1.82) is 0 Å². The number of piperidine rings is 1. The number of alkyl halides is 3. The number of hydrogen-bond acceptors (Lipinski definition) is 6. The van der Waals surface area contributed by atoms with E-state index in [9.17, 15) is 23.1 Å². The van der Waals surface area contributed by atoms with Crippen LogP contribution in [0.3, 0.4) is 0 Å². The van der Waals surface area contributed by atoms with Gasteiger partial charge in [0.25, 0.3) is 0 Å². The fourth-order valence-corrected chi connectivity index (χ4v) is 6.80. The SMILES string of the molecule is CCN(CC)C(=O)Cn1cc(CN2CC[C@]3(C[C@@H]2C)OCCc2c3sc(C(F)(F)F)c2CO)cn1. The summed E-state index contributed by atoms with van der Waals surface area (Å²) in [6.45, 7) is 8.54. The summed E-state index contributed by atoms with van der Waals surface area (Å²) in [6, 6.07) is 0.0735. The second-order valence-corrected chi connectivity index (χ2v) is 10.4. The summed E-state index contributed by atoms with van der Waals surface area (Å²) in [4.78, 5) is 16.3. The van der Waals surface area contributed by atoms with E-state index in [0.717, 1.165) is 16.9 Å². The molecule has 194 valence electrons. The number of aromatic nitrogens is 2. The van der Waals surface area contributed by atoms with E-state index in [4.69, 9.17) is 4.74 Å². The molecular weight excluding hydrogens is 481 g/mol. The smallest absolute Gasteiger partial charge is 0.392 e. The van der Waals surface area contributed by atoms with Crippen LogP contribution in [0.5, 0.6) is 0 Å². The number of aliphatic hydroxyl groups excluding tert-OH is 1. The molecule has 0 aliphatic carbocycles. The van der Waals surface area contributed by atoms with Gasteiger partial charge in [0.15, 0.2) is 0 Å². The summed E-state index contributed by atoms with van der Waals surface area (Å²) in [6.07, 6.45) is 0.725. The Hall–Kier alpha value is -1.95. The normalized spacial score (nSPS) is 23.0. The molecule has 1 fully saturated rings. The maximum absolute atomic E-state index is 13.6. The summed E-state index contributed by atoms with van der Waals surface area (Å²) < 4.78 is 48.8. The minimum atomic E-state index is -4.49. The number of carbonyl (C=O) groups is 1. The number of halogens is 3. The molecular formula is C24H33F3N4O3S. The van der Waals surface area contributed by atoms with Gasteiger partial charge in [-0.2, -0.15) is 18.3 Å². The van der Waals surface area contributed by atoms with Gasteiger partial charge in [-0.1, -0.05) is 0 Å². The summed E-state index contributed by atoms with van der Waals surface area (Å²) in [5.74, 6) is 0.0274. The molecule has 0 radical (unpaired) electrons. The monoisotopic (exact) mass is 514 g/mol. The highest BCUT2D eigenvalue weighted by Crippen LogP contribution is 2.51. The van der Waals surface area contributed by atoms with E-state index < -0.39 is 23.3 Å². The summed E-state index contributed by atoms with van der Waals surface area (Å²) in [5, 5.41) is 14.1. The molecule has 1 spiro atoms. The maximum Gasteiger partial charge on any atom is 0.425 e. The van der Waals surface area contributed by atoms with Crippen molar-refractivity contribution in [1.82, 2.24) is 19.6 Å². The summed E-state index contributed by atoms with van der Waals surface area (Å²) in [7, 11) is 0. The Labute approximate surface area is 207 Å². The van der Waals surface area contributed by atoms with Gasteiger partial charge in [0, 0.05) is 54.4 Å². The highest BCUT2D eigenvalue weighted by Gasteiger charge is 2.48. The third-order valence-electron chi connectivity index (χ3n) is 7.21. The fraction of sp³-hybridized carbons (Fsp3) is 0.667. The molecule has 0 aromatic carbocycles. The van der Waals surface area contributed by atoms with E-state index in [1.54, 1.807) is 15.8 Å². The molecule has 1 saturated heterocycles. The third-order valence-corrected chi connectivity index (χ3v) is 8.72. The number of carbonyl (C=O) groups excluding carboxylic acids is 1. The molecule has 2 atom stereocenters. The van der Waals surface area contributed by atoms with Crippen molar-refractivity contribution in [3.05, 3.63) is 38.8 Å². The van der Waals surface area contributed by atoms with Gasteiger partial charge in [0.05, 0.1) is 19.4 Å². The molecule has 4 rings (SSSR count). The number of fused-ring (bicyclic) bond motifs is 2. The molecule has 1 N–H and O–H groups in total. The first-order valence-electron chi connectivity index (χ1n) is 12.1. The first kappa shape index (κ1) is 26.1.